The zero-order chi connectivity index (χ0) is 14.7. The molecule has 0 bridgehead atoms. The predicted octanol–water partition coefficient (Wildman–Crippen LogP) is 3.27. The van der Waals surface area contributed by atoms with Gasteiger partial charge in [-0.05, 0) is 31.5 Å². The summed E-state index contributed by atoms with van der Waals surface area (Å²) in [7, 11) is 0. The fraction of sp³-hybridized carbons (Fsp3) is 0.143. The summed E-state index contributed by atoms with van der Waals surface area (Å²) in [6, 6.07) is 9.73. The second-order valence-corrected chi connectivity index (χ2v) is 4.20. The highest BCUT2D eigenvalue weighted by molar-refractivity contribution is 5.51. The normalized spacial score (nSPS) is 9.85. The van der Waals surface area contributed by atoms with Gasteiger partial charge in [-0.2, -0.15) is 5.26 Å². The Labute approximate surface area is 115 Å². The van der Waals surface area contributed by atoms with Gasteiger partial charge in [-0.3, -0.25) is 10.1 Å². The molecule has 0 aliphatic heterocycles. The molecule has 0 amide bonds. The topological polar surface area (TPSA) is 89.0 Å². The summed E-state index contributed by atoms with van der Waals surface area (Å²) in [5.41, 5.74) is 1.50. The monoisotopic (exact) mass is 269 g/mol. The highest BCUT2D eigenvalue weighted by Crippen LogP contribution is 2.32. The maximum absolute atomic E-state index is 10.9. The molecule has 2 rings (SSSR count). The Morgan fingerprint density at radius 3 is 2.70 bits per heavy atom. The van der Waals surface area contributed by atoms with E-state index in [0.29, 0.717) is 11.3 Å². The van der Waals surface area contributed by atoms with Crippen molar-refractivity contribution in [3.8, 4) is 17.7 Å². The molecule has 0 saturated heterocycles. The number of hydrogen-bond donors (Lipinski definition) is 0. The van der Waals surface area contributed by atoms with Gasteiger partial charge in [-0.25, -0.2) is 4.98 Å². The molecule has 2 aromatic rings. The van der Waals surface area contributed by atoms with E-state index in [1.165, 1.54) is 12.1 Å². The Kier molecular flexibility index (Phi) is 3.62. The highest BCUT2D eigenvalue weighted by atomic mass is 16.6. The first-order valence-corrected chi connectivity index (χ1v) is 5.82. The van der Waals surface area contributed by atoms with Crippen molar-refractivity contribution >= 4 is 5.69 Å². The summed E-state index contributed by atoms with van der Waals surface area (Å²) in [5, 5.41) is 20.1. The van der Waals surface area contributed by atoms with E-state index in [4.69, 9.17) is 10.00 Å². The van der Waals surface area contributed by atoms with Crippen molar-refractivity contribution in [1.29, 1.82) is 5.26 Å². The van der Waals surface area contributed by atoms with Crippen molar-refractivity contribution in [2.45, 2.75) is 13.8 Å². The lowest BCUT2D eigenvalue weighted by atomic mass is 10.1. The highest BCUT2D eigenvalue weighted by Gasteiger charge is 2.18. The van der Waals surface area contributed by atoms with E-state index in [2.05, 4.69) is 4.98 Å². The van der Waals surface area contributed by atoms with E-state index in [-0.39, 0.29) is 22.9 Å². The van der Waals surface area contributed by atoms with Gasteiger partial charge in [0.05, 0.1) is 4.92 Å². The lowest BCUT2D eigenvalue weighted by Gasteiger charge is -2.09. The molecule has 0 aliphatic carbocycles. The van der Waals surface area contributed by atoms with Crippen molar-refractivity contribution in [1.82, 2.24) is 4.98 Å². The van der Waals surface area contributed by atoms with E-state index in [1.807, 2.05) is 6.07 Å². The van der Waals surface area contributed by atoms with Gasteiger partial charge in [0.15, 0.2) is 0 Å². The molecule has 6 nitrogen and oxygen atoms in total. The minimum Gasteiger partial charge on any atom is -0.430 e. The van der Waals surface area contributed by atoms with E-state index >= 15 is 0 Å². The molecule has 0 aliphatic rings. The first-order chi connectivity index (χ1) is 9.52. The van der Waals surface area contributed by atoms with Gasteiger partial charge in [0.1, 0.15) is 11.6 Å². The number of nitrogens with zero attached hydrogens (tertiary/aromatic N) is 3. The smallest absolute Gasteiger partial charge is 0.311 e. The van der Waals surface area contributed by atoms with Crippen LogP contribution in [0.15, 0.2) is 30.3 Å². The number of ether oxygens (including phenoxy) is 1. The average molecular weight is 269 g/mol. The predicted molar refractivity (Wildman–Crippen MR) is 71.6 cm³/mol. The number of pyridine rings is 1. The van der Waals surface area contributed by atoms with Crippen LogP contribution in [-0.2, 0) is 0 Å². The summed E-state index contributed by atoms with van der Waals surface area (Å²) in [6.07, 6.45) is 0. The van der Waals surface area contributed by atoms with E-state index in [0.717, 1.165) is 0 Å². The molecule has 1 aromatic carbocycles. The van der Waals surface area contributed by atoms with Gasteiger partial charge in [0, 0.05) is 11.8 Å². The number of nitriles is 1. The molecule has 20 heavy (non-hydrogen) atoms. The summed E-state index contributed by atoms with van der Waals surface area (Å²) in [5.74, 6) is 0.144. The van der Waals surface area contributed by atoms with E-state index in [1.54, 1.807) is 32.0 Å². The SMILES string of the molecule is Cc1cc(C)c(C#N)c(Oc2ccccc2[N+](=O)[O-])n1. The quantitative estimate of drug-likeness (QED) is 0.630. The zero-order valence-corrected chi connectivity index (χ0v) is 11.0. The van der Waals surface area contributed by atoms with Crippen LogP contribution in [0.4, 0.5) is 5.69 Å². The molecule has 1 aromatic heterocycles. The van der Waals surface area contributed by atoms with Gasteiger partial charge in [0.2, 0.25) is 11.6 Å². The summed E-state index contributed by atoms with van der Waals surface area (Å²) >= 11 is 0. The number of rotatable bonds is 3. The molecule has 0 spiro atoms. The van der Waals surface area contributed by atoms with E-state index in [9.17, 15) is 10.1 Å². The van der Waals surface area contributed by atoms with Crippen molar-refractivity contribution in [2.24, 2.45) is 0 Å². The van der Waals surface area contributed by atoms with Crippen molar-refractivity contribution in [2.75, 3.05) is 0 Å². The van der Waals surface area contributed by atoms with Gasteiger partial charge in [-0.15, -0.1) is 0 Å². The molecule has 0 saturated carbocycles. The number of hydrogen-bond acceptors (Lipinski definition) is 5. The number of nitro benzene ring substituents is 1. The number of benzene rings is 1. The molecule has 0 unspecified atom stereocenters. The number of nitro groups is 1. The van der Waals surface area contributed by atoms with E-state index < -0.39 is 4.92 Å². The summed E-state index contributed by atoms with van der Waals surface area (Å²) in [6.45, 7) is 3.53. The van der Waals surface area contributed by atoms with Crippen molar-refractivity contribution in [3.63, 3.8) is 0 Å². The maximum Gasteiger partial charge on any atom is 0.311 e. The van der Waals surface area contributed by atoms with Gasteiger partial charge >= 0.3 is 5.69 Å². The van der Waals surface area contributed by atoms with Gasteiger partial charge < -0.3 is 4.74 Å². The third kappa shape index (κ3) is 2.57. The fourth-order valence-electron chi connectivity index (χ4n) is 1.81. The molecule has 0 fully saturated rings. The Morgan fingerprint density at radius 2 is 2.05 bits per heavy atom. The summed E-state index contributed by atoms with van der Waals surface area (Å²) in [4.78, 5) is 14.5. The third-order valence-corrected chi connectivity index (χ3v) is 2.69. The minimum atomic E-state index is -0.538. The van der Waals surface area contributed by atoms with Crippen LogP contribution in [0.25, 0.3) is 0 Å². The van der Waals surface area contributed by atoms with Crippen LogP contribution < -0.4 is 4.74 Å². The van der Waals surface area contributed by atoms with Crippen LogP contribution >= 0.6 is 0 Å². The number of aryl methyl sites for hydroxylation is 2. The molecule has 0 radical (unpaired) electrons. The maximum atomic E-state index is 10.9. The molecule has 100 valence electrons. The van der Waals surface area contributed by atoms with Crippen LogP contribution in [0.1, 0.15) is 16.8 Å². The van der Waals surface area contributed by atoms with Crippen LogP contribution in [0, 0.1) is 35.3 Å². The Morgan fingerprint density at radius 1 is 1.35 bits per heavy atom. The Bertz CT molecular complexity index is 720. The average Bonchev–Trinajstić information content (AvgIpc) is 2.38. The standard InChI is InChI=1S/C14H11N3O3/c1-9-7-10(2)16-14(11(9)8-15)20-13-6-4-3-5-12(13)17(18)19/h3-7H,1-2H3. The minimum absolute atomic E-state index is 0.0616. The van der Waals surface area contributed by atoms with Crippen molar-refractivity contribution < 1.29 is 9.66 Å². The Hall–Kier alpha value is -2.94. The number of para-hydroxylation sites is 2. The summed E-state index contributed by atoms with van der Waals surface area (Å²) < 4.78 is 5.48. The molecule has 0 N–H and O–H groups in total. The van der Waals surface area contributed by atoms with Gasteiger partial charge in [-0.1, -0.05) is 12.1 Å². The van der Waals surface area contributed by atoms with Crippen LogP contribution in [0.3, 0.4) is 0 Å². The third-order valence-electron chi connectivity index (χ3n) is 2.69. The fourth-order valence-corrected chi connectivity index (χ4v) is 1.81. The van der Waals surface area contributed by atoms with Crippen LogP contribution in [0.2, 0.25) is 0 Å². The molecule has 0 atom stereocenters. The first-order valence-electron chi connectivity index (χ1n) is 5.82. The van der Waals surface area contributed by atoms with Crippen molar-refractivity contribution in [3.05, 3.63) is 57.3 Å². The first kappa shape index (κ1) is 13.5. The van der Waals surface area contributed by atoms with Crippen LogP contribution in [0.5, 0.6) is 11.6 Å². The molecular weight excluding hydrogens is 258 g/mol. The zero-order valence-electron chi connectivity index (χ0n) is 11.0. The largest absolute Gasteiger partial charge is 0.430 e. The Balaban J connectivity index is 2.51. The molecular formula is C14H11N3O3. The number of aromatic nitrogens is 1. The lowest BCUT2D eigenvalue weighted by molar-refractivity contribution is -0.385. The molecule has 6 heteroatoms. The second-order valence-electron chi connectivity index (χ2n) is 4.20. The van der Waals surface area contributed by atoms with Gasteiger partial charge in [0.25, 0.3) is 0 Å². The van der Waals surface area contributed by atoms with Crippen LogP contribution in [-0.4, -0.2) is 9.91 Å². The second kappa shape index (κ2) is 5.36. The molecule has 1 heterocycles. The lowest BCUT2D eigenvalue weighted by Crippen LogP contribution is -1.99.